The molecular formula is C40H53ClN4O7. The Bertz CT molecular complexity index is 1920. The second kappa shape index (κ2) is 16.7. The van der Waals surface area contributed by atoms with Gasteiger partial charge in [0.05, 0.1) is 17.1 Å². The van der Waals surface area contributed by atoms with Crippen LogP contribution in [0.1, 0.15) is 114 Å². The summed E-state index contributed by atoms with van der Waals surface area (Å²) >= 11 is 0. The average molecular weight is 737 g/mol. The first-order valence-electron chi connectivity index (χ1n) is 17.5. The fourth-order valence-electron chi connectivity index (χ4n) is 5.54. The Kier molecular flexibility index (Phi) is 13.4. The molecule has 0 spiro atoms. The number of halogens is 1. The number of hydrogen-bond acceptors (Lipinski definition) is 8. The Morgan fingerprint density at radius 1 is 0.923 bits per heavy atom. The van der Waals surface area contributed by atoms with Crippen LogP contribution in [0, 0.1) is 10.1 Å². The van der Waals surface area contributed by atoms with Crippen molar-refractivity contribution in [3.8, 4) is 17.2 Å². The van der Waals surface area contributed by atoms with E-state index in [9.17, 15) is 19.7 Å². The van der Waals surface area contributed by atoms with Crippen molar-refractivity contribution < 1.29 is 23.7 Å². The van der Waals surface area contributed by atoms with E-state index in [4.69, 9.17) is 19.7 Å². The first-order valence-corrected chi connectivity index (χ1v) is 17.5. The SMILES string of the molecule is CCC(C)(C)c1ccc(OCCCNC(=O)c2ccc(-n3oc(C(C)(C)C)c(COc4ccc(N)cc4)c3=O)c([N+](=O)[O-])c2)c(C(C)(C)CC)c1.Cl. The standard InChI is InChI=1S/C40H52N4O7.ClH/c1-10-39(6,7)27-14-20-34(31(24-27)40(8,9)11-2)49-22-12-21-42-36(45)26-13-19-32(33(23-26)44(47)48)43-37(46)30(35(51-43)38(3,4)5)25-50-29-17-15-28(41)16-18-29;/h13-20,23-24H,10-12,21-22,25,41H2,1-9H3,(H,42,45);1H. The van der Waals surface area contributed by atoms with Crippen LogP contribution in [0.5, 0.6) is 11.5 Å². The number of anilines is 1. The molecule has 0 atom stereocenters. The van der Waals surface area contributed by atoms with Crippen LogP contribution in [0.25, 0.3) is 5.69 Å². The van der Waals surface area contributed by atoms with Gasteiger partial charge >= 0.3 is 0 Å². The molecule has 1 aromatic heterocycles. The van der Waals surface area contributed by atoms with Gasteiger partial charge in [0.15, 0.2) is 11.4 Å². The van der Waals surface area contributed by atoms with Crippen LogP contribution in [0.4, 0.5) is 11.4 Å². The summed E-state index contributed by atoms with van der Waals surface area (Å²) in [5.74, 6) is 1.17. The number of ether oxygens (including phenoxy) is 2. The van der Waals surface area contributed by atoms with Crippen molar-refractivity contribution in [3.05, 3.63) is 109 Å². The van der Waals surface area contributed by atoms with Gasteiger partial charge in [0, 0.05) is 34.8 Å². The van der Waals surface area contributed by atoms with Gasteiger partial charge in [-0.3, -0.25) is 19.7 Å². The van der Waals surface area contributed by atoms with Crippen LogP contribution in [0.3, 0.4) is 0 Å². The molecule has 4 rings (SSSR count). The quantitative estimate of drug-likeness (QED) is 0.0532. The van der Waals surface area contributed by atoms with E-state index in [0.29, 0.717) is 36.8 Å². The van der Waals surface area contributed by atoms with Crippen molar-refractivity contribution in [3.63, 3.8) is 0 Å². The highest BCUT2D eigenvalue weighted by molar-refractivity contribution is 5.95. The first-order chi connectivity index (χ1) is 23.9. The second-order valence-electron chi connectivity index (χ2n) is 15.2. The number of benzene rings is 3. The zero-order valence-corrected chi connectivity index (χ0v) is 32.6. The Morgan fingerprint density at radius 2 is 1.58 bits per heavy atom. The van der Waals surface area contributed by atoms with E-state index in [1.807, 2.05) is 26.8 Å². The molecule has 1 amide bonds. The number of amides is 1. The second-order valence-corrected chi connectivity index (χ2v) is 15.2. The maximum atomic E-state index is 13.6. The number of nitrogens with one attached hydrogen (secondary N) is 1. The number of nitrogen functional groups attached to an aromatic ring is 1. The molecule has 3 aromatic carbocycles. The fourth-order valence-corrected chi connectivity index (χ4v) is 5.54. The van der Waals surface area contributed by atoms with Gasteiger partial charge in [0.1, 0.15) is 18.1 Å². The van der Waals surface area contributed by atoms with Gasteiger partial charge in [-0.1, -0.05) is 74.4 Å². The lowest BCUT2D eigenvalue weighted by molar-refractivity contribution is -0.384. The molecule has 11 nitrogen and oxygen atoms in total. The molecular weight excluding hydrogens is 684 g/mol. The summed E-state index contributed by atoms with van der Waals surface area (Å²) in [6.45, 7) is 19.4. The van der Waals surface area contributed by atoms with E-state index in [-0.39, 0.29) is 46.7 Å². The number of nitro benzene ring substituents is 1. The topological polar surface area (TPSA) is 152 Å². The molecule has 0 unspecified atom stereocenters. The Morgan fingerprint density at radius 3 is 2.17 bits per heavy atom. The maximum absolute atomic E-state index is 13.6. The third-order valence-electron chi connectivity index (χ3n) is 9.62. The van der Waals surface area contributed by atoms with E-state index in [0.717, 1.165) is 35.0 Å². The van der Waals surface area contributed by atoms with Crippen LogP contribution in [0.2, 0.25) is 0 Å². The smallest absolute Gasteiger partial charge is 0.297 e. The highest BCUT2D eigenvalue weighted by Gasteiger charge is 2.31. The highest BCUT2D eigenvalue weighted by atomic mass is 35.5. The summed E-state index contributed by atoms with van der Waals surface area (Å²) in [7, 11) is 0. The lowest BCUT2D eigenvalue weighted by atomic mass is 9.76. The third-order valence-corrected chi connectivity index (χ3v) is 9.62. The summed E-state index contributed by atoms with van der Waals surface area (Å²) in [6.07, 6.45) is 2.50. The van der Waals surface area contributed by atoms with E-state index < -0.39 is 27.5 Å². The van der Waals surface area contributed by atoms with Crippen LogP contribution >= 0.6 is 12.4 Å². The van der Waals surface area contributed by atoms with Gasteiger partial charge in [0.25, 0.3) is 17.2 Å². The molecule has 0 saturated carbocycles. The number of nitro groups is 1. The summed E-state index contributed by atoms with van der Waals surface area (Å²) in [5, 5.41) is 15.0. The normalized spacial score (nSPS) is 11.9. The Balaban J connectivity index is 0.00000729. The summed E-state index contributed by atoms with van der Waals surface area (Å²) in [4.78, 5) is 38.3. The number of nitrogens with two attached hydrogens (primary N) is 1. The molecule has 282 valence electrons. The first kappa shape index (κ1) is 41.6. The van der Waals surface area contributed by atoms with Gasteiger partial charge < -0.3 is 25.0 Å². The zero-order chi connectivity index (χ0) is 37.7. The predicted molar refractivity (Wildman–Crippen MR) is 208 cm³/mol. The number of nitrogens with zero attached hydrogens (tertiary/aromatic N) is 2. The summed E-state index contributed by atoms with van der Waals surface area (Å²) < 4.78 is 18.9. The number of aromatic nitrogens is 1. The number of hydrogen-bond donors (Lipinski definition) is 2. The minimum Gasteiger partial charge on any atom is -0.493 e. The minimum atomic E-state index is -0.640. The van der Waals surface area contributed by atoms with Crippen molar-refractivity contribution >= 4 is 29.7 Å². The molecule has 52 heavy (non-hydrogen) atoms. The molecule has 4 aromatic rings. The van der Waals surface area contributed by atoms with E-state index >= 15 is 0 Å². The molecule has 0 aliphatic heterocycles. The zero-order valence-electron chi connectivity index (χ0n) is 31.8. The molecule has 0 saturated heterocycles. The van der Waals surface area contributed by atoms with Gasteiger partial charge in [-0.25, -0.2) is 0 Å². The van der Waals surface area contributed by atoms with Gasteiger partial charge in [0.2, 0.25) is 0 Å². The molecule has 0 aliphatic carbocycles. The lowest BCUT2D eigenvalue weighted by Gasteiger charge is -2.30. The lowest BCUT2D eigenvalue weighted by Crippen LogP contribution is -2.26. The monoisotopic (exact) mass is 736 g/mol. The predicted octanol–water partition coefficient (Wildman–Crippen LogP) is 8.79. The van der Waals surface area contributed by atoms with Gasteiger partial charge in [-0.05, 0) is 78.1 Å². The molecule has 0 fully saturated rings. The Labute approximate surface area is 312 Å². The maximum Gasteiger partial charge on any atom is 0.297 e. The van der Waals surface area contributed by atoms with E-state index in [2.05, 4.69) is 59.0 Å². The van der Waals surface area contributed by atoms with Crippen molar-refractivity contribution in [1.82, 2.24) is 10.1 Å². The van der Waals surface area contributed by atoms with E-state index in [1.165, 1.54) is 17.7 Å². The summed E-state index contributed by atoms with van der Waals surface area (Å²) in [5.41, 5.74) is 7.28. The third kappa shape index (κ3) is 9.56. The summed E-state index contributed by atoms with van der Waals surface area (Å²) in [6, 6.07) is 17.1. The van der Waals surface area contributed by atoms with E-state index in [1.54, 1.807) is 24.3 Å². The molecule has 0 radical (unpaired) electrons. The van der Waals surface area contributed by atoms with Crippen LogP contribution in [0.15, 0.2) is 70.0 Å². The number of rotatable bonds is 15. The van der Waals surface area contributed by atoms with Gasteiger partial charge in [-0.15, -0.1) is 17.1 Å². The largest absolute Gasteiger partial charge is 0.493 e. The molecule has 1 heterocycles. The fraction of sp³-hybridized carbons (Fsp3) is 0.450. The Hall–Kier alpha value is -4.77. The van der Waals surface area contributed by atoms with Crippen LogP contribution in [-0.4, -0.2) is 28.7 Å². The molecule has 12 heteroatoms. The van der Waals surface area contributed by atoms with Crippen molar-refractivity contribution in [2.45, 2.75) is 104 Å². The molecule has 3 N–H and O–H groups in total. The average Bonchev–Trinajstić information content (AvgIpc) is 3.43. The minimum absolute atomic E-state index is 0. The number of carbonyl (C=O) groups excluding carboxylic acids is 1. The molecule has 0 bridgehead atoms. The number of carbonyl (C=O) groups is 1. The van der Waals surface area contributed by atoms with Crippen LogP contribution < -0.4 is 26.1 Å². The highest BCUT2D eigenvalue weighted by Crippen LogP contribution is 2.38. The van der Waals surface area contributed by atoms with Crippen molar-refractivity contribution in [1.29, 1.82) is 0 Å². The van der Waals surface area contributed by atoms with Crippen molar-refractivity contribution in [2.75, 3.05) is 18.9 Å². The van der Waals surface area contributed by atoms with Crippen molar-refractivity contribution in [2.24, 2.45) is 0 Å². The van der Waals surface area contributed by atoms with Crippen LogP contribution in [-0.2, 0) is 22.9 Å². The molecule has 0 aliphatic rings. The van der Waals surface area contributed by atoms with Gasteiger partial charge in [-0.2, -0.15) is 0 Å².